The molecule has 1 aromatic rings. The molecule has 1 unspecified atom stereocenters. The van der Waals surface area contributed by atoms with Crippen molar-refractivity contribution >= 4 is 40.7 Å². The SMILES string of the molecule is CC(NC(=O)CCCCCl)c1ccc(Cl)c(Cl)c1. The van der Waals surface area contributed by atoms with Crippen LogP contribution in [-0.4, -0.2) is 11.8 Å². The van der Waals surface area contributed by atoms with Crippen LogP contribution in [-0.2, 0) is 4.79 Å². The van der Waals surface area contributed by atoms with E-state index in [1.165, 1.54) is 0 Å². The lowest BCUT2D eigenvalue weighted by Gasteiger charge is -2.15. The quantitative estimate of drug-likeness (QED) is 0.605. The summed E-state index contributed by atoms with van der Waals surface area (Å²) in [5.41, 5.74) is 0.940. The minimum absolute atomic E-state index is 0.0266. The van der Waals surface area contributed by atoms with E-state index in [2.05, 4.69) is 5.32 Å². The molecule has 0 fully saturated rings. The van der Waals surface area contributed by atoms with Crippen LogP contribution >= 0.6 is 34.8 Å². The molecule has 0 aliphatic rings. The summed E-state index contributed by atoms with van der Waals surface area (Å²) in [6, 6.07) is 5.28. The molecule has 2 nitrogen and oxygen atoms in total. The summed E-state index contributed by atoms with van der Waals surface area (Å²) < 4.78 is 0. The average Bonchev–Trinajstić information content (AvgIpc) is 2.33. The van der Waals surface area contributed by atoms with E-state index in [9.17, 15) is 4.79 Å². The smallest absolute Gasteiger partial charge is 0.220 e. The third-order valence-electron chi connectivity index (χ3n) is 2.61. The summed E-state index contributed by atoms with van der Waals surface area (Å²) in [6.07, 6.45) is 2.16. The second-order valence-corrected chi connectivity index (χ2v) is 5.30. The number of carbonyl (C=O) groups is 1. The molecule has 1 rings (SSSR count). The Kier molecular flexibility index (Phi) is 6.83. The number of benzene rings is 1. The summed E-state index contributed by atoms with van der Waals surface area (Å²) in [5, 5.41) is 3.93. The highest BCUT2D eigenvalue weighted by Crippen LogP contribution is 2.25. The van der Waals surface area contributed by atoms with Crippen LogP contribution in [0.25, 0.3) is 0 Å². The van der Waals surface area contributed by atoms with Crippen molar-refractivity contribution in [3.05, 3.63) is 33.8 Å². The number of unbranched alkanes of at least 4 members (excludes halogenated alkanes) is 1. The zero-order valence-electron chi connectivity index (χ0n) is 10.2. The van der Waals surface area contributed by atoms with Gasteiger partial charge < -0.3 is 5.32 Å². The standard InChI is InChI=1S/C13H16Cl3NO/c1-9(17-13(18)4-2-3-7-14)10-5-6-11(15)12(16)8-10/h5-6,8-9H,2-4,7H2,1H3,(H,17,18). The predicted octanol–water partition coefficient (Wildman–Crippen LogP) is 4.58. The predicted molar refractivity (Wildman–Crippen MR) is 77.6 cm³/mol. The van der Waals surface area contributed by atoms with E-state index < -0.39 is 0 Å². The number of alkyl halides is 1. The van der Waals surface area contributed by atoms with E-state index in [1.807, 2.05) is 13.0 Å². The van der Waals surface area contributed by atoms with Gasteiger partial charge in [-0.2, -0.15) is 0 Å². The number of rotatable bonds is 6. The van der Waals surface area contributed by atoms with Gasteiger partial charge in [0, 0.05) is 12.3 Å². The fraction of sp³-hybridized carbons (Fsp3) is 0.462. The van der Waals surface area contributed by atoms with Crippen molar-refractivity contribution in [2.24, 2.45) is 0 Å². The molecule has 0 saturated carbocycles. The zero-order valence-corrected chi connectivity index (χ0v) is 12.4. The molecule has 0 aromatic heterocycles. The second kappa shape index (κ2) is 7.88. The lowest BCUT2D eigenvalue weighted by molar-refractivity contribution is -0.121. The fourth-order valence-corrected chi connectivity index (χ4v) is 2.05. The third kappa shape index (κ3) is 5.05. The normalized spacial score (nSPS) is 12.2. The van der Waals surface area contributed by atoms with Gasteiger partial charge in [0.25, 0.3) is 0 Å². The maximum absolute atomic E-state index is 11.6. The fourth-order valence-electron chi connectivity index (χ4n) is 1.56. The van der Waals surface area contributed by atoms with Crippen LogP contribution < -0.4 is 5.32 Å². The summed E-state index contributed by atoms with van der Waals surface area (Å²) >= 11 is 17.3. The number of carbonyl (C=O) groups excluding carboxylic acids is 1. The molecule has 1 aromatic carbocycles. The van der Waals surface area contributed by atoms with Gasteiger partial charge in [-0.25, -0.2) is 0 Å². The highest BCUT2D eigenvalue weighted by molar-refractivity contribution is 6.42. The van der Waals surface area contributed by atoms with Crippen LogP contribution in [0.2, 0.25) is 10.0 Å². The van der Waals surface area contributed by atoms with E-state index in [4.69, 9.17) is 34.8 Å². The molecule has 0 spiro atoms. The summed E-state index contributed by atoms with van der Waals surface area (Å²) in [6.45, 7) is 1.92. The van der Waals surface area contributed by atoms with Crippen LogP contribution in [0.4, 0.5) is 0 Å². The minimum atomic E-state index is -0.0803. The van der Waals surface area contributed by atoms with Gasteiger partial charge in [0.05, 0.1) is 16.1 Å². The number of amides is 1. The van der Waals surface area contributed by atoms with Crippen molar-refractivity contribution in [2.75, 3.05) is 5.88 Å². The van der Waals surface area contributed by atoms with Crippen LogP contribution in [0, 0.1) is 0 Å². The molecule has 0 radical (unpaired) electrons. The molecule has 5 heteroatoms. The number of hydrogen-bond acceptors (Lipinski definition) is 1. The number of hydrogen-bond donors (Lipinski definition) is 1. The minimum Gasteiger partial charge on any atom is -0.350 e. The number of halogens is 3. The van der Waals surface area contributed by atoms with E-state index in [0.717, 1.165) is 18.4 Å². The van der Waals surface area contributed by atoms with Gasteiger partial charge in [-0.3, -0.25) is 4.79 Å². The first-order chi connectivity index (χ1) is 8.54. The molecule has 0 saturated heterocycles. The molecule has 1 amide bonds. The third-order valence-corrected chi connectivity index (χ3v) is 3.61. The van der Waals surface area contributed by atoms with Crippen molar-refractivity contribution in [1.29, 1.82) is 0 Å². The Balaban J connectivity index is 2.51. The van der Waals surface area contributed by atoms with Gasteiger partial charge in [0.15, 0.2) is 0 Å². The number of nitrogens with one attached hydrogen (secondary N) is 1. The zero-order chi connectivity index (χ0) is 13.5. The molecule has 1 atom stereocenters. The Morgan fingerprint density at radius 2 is 2.00 bits per heavy atom. The summed E-state index contributed by atoms with van der Waals surface area (Å²) in [4.78, 5) is 11.6. The Hall–Kier alpha value is -0.440. The first kappa shape index (κ1) is 15.6. The molecule has 100 valence electrons. The Bertz CT molecular complexity index is 409. The van der Waals surface area contributed by atoms with Crippen LogP contribution in [0.15, 0.2) is 18.2 Å². The van der Waals surface area contributed by atoms with Gasteiger partial charge >= 0.3 is 0 Å². The molecule has 18 heavy (non-hydrogen) atoms. The van der Waals surface area contributed by atoms with Crippen molar-refractivity contribution < 1.29 is 4.79 Å². The Morgan fingerprint density at radius 3 is 2.61 bits per heavy atom. The van der Waals surface area contributed by atoms with E-state index in [-0.39, 0.29) is 11.9 Å². The van der Waals surface area contributed by atoms with Gasteiger partial charge in [-0.15, -0.1) is 11.6 Å². The molecule has 0 bridgehead atoms. The van der Waals surface area contributed by atoms with Crippen molar-refractivity contribution in [3.63, 3.8) is 0 Å². The van der Waals surface area contributed by atoms with Crippen molar-refractivity contribution in [1.82, 2.24) is 5.32 Å². The highest BCUT2D eigenvalue weighted by atomic mass is 35.5. The van der Waals surface area contributed by atoms with Crippen LogP contribution in [0.5, 0.6) is 0 Å². The molecule has 1 N–H and O–H groups in total. The van der Waals surface area contributed by atoms with Gasteiger partial charge in [-0.05, 0) is 37.5 Å². The van der Waals surface area contributed by atoms with Gasteiger partial charge in [0.2, 0.25) is 5.91 Å². The molecular weight excluding hydrogens is 293 g/mol. The van der Waals surface area contributed by atoms with Crippen molar-refractivity contribution in [2.45, 2.75) is 32.2 Å². The maximum atomic E-state index is 11.6. The second-order valence-electron chi connectivity index (χ2n) is 4.11. The van der Waals surface area contributed by atoms with Crippen LogP contribution in [0.1, 0.15) is 37.8 Å². The first-order valence-electron chi connectivity index (χ1n) is 5.85. The largest absolute Gasteiger partial charge is 0.350 e. The summed E-state index contributed by atoms with van der Waals surface area (Å²) in [7, 11) is 0. The van der Waals surface area contributed by atoms with E-state index in [0.29, 0.717) is 22.3 Å². The molecule has 0 heterocycles. The van der Waals surface area contributed by atoms with Crippen molar-refractivity contribution in [3.8, 4) is 0 Å². The van der Waals surface area contributed by atoms with E-state index >= 15 is 0 Å². The topological polar surface area (TPSA) is 29.1 Å². The summed E-state index contributed by atoms with van der Waals surface area (Å²) in [5.74, 6) is 0.619. The monoisotopic (exact) mass is 307 g/mol. The van der Waals surface area contributed by atoms with Crippen LogP contribution in [0.3, 0.4) is 0 Å². The van der Waals surface area contributed by atoms with Gasteiger partial charge in [0.1, 0.15) is 0 Å². The lowest BCUT2D eigenvalue weighted by atomic mass is 10.1. The lowest BCUT2D eigenvalue weighted by Crippen LogP contribution is -2.26. The molecule has 0 aliphatic carbocycles. The molecular formula is C13H16Cl3NO. The highest BCUT2D eigenvalue weighted by Gasteiger charge is 2.10. The maximum Gasteiger partial charge on any atom is 0.220 e. The average molecular weight is 309 g/mol. The van der Waals surface area contributed by atoms with E-state index in [1.54, 1.807) is 12.1 Å². The molecule has 0 aliphatic heterocycles. The Labute approximate surface area is 123 Å². The van der Waals surface area contributed by atoms with Gasteiger partial charge in [-0.1, -0.05) is 29.3 Å². The Morgan fingerprint density at radius 1 is 1.28 bits per heavy atom. The first-order valence-corrected chi connectivity index (χ1v) is 7.14.